The number of nitrogens with one attached hydrogen (secondary N) is 1. The van der Waals surface area contributed by atoms with Crippen LogP contribution in [0, 0.1) is 0 Å². The van der Waals surface area contributed by atoms with Crippen molar-refractivity contribution in [3.05, 3.63) is 29.8 Å². The summed E-state index contributed by atoms with van der Waals surface area (Å²) in [5, 5.41) is 2.55. The Balaban J connectivity index is 2.59. The maximum absolute atomic E-state index is 12.0. The number of hydrogen-bond acceptors (Lipinski definition) is 7. The number of methoxy groups -OCH3 is 1. The molecule has 8 heteroatoms. The van der Waals surface area contributed by atoms with Crippen LogP contribution in [0.5, 0.6) is 5.75 Å². The van der Waals surface area contributed by atoms with E-state index in [-0.39, 0.29) is 6.42 Å². The van der Waals surface area contributed by atoms with Gasteiger partial charge in [-0.05, 0) is 38.5 Å². The van der Waals surface area contributed by atoms with Gasteiger partial charge in [0.25, 0.3) is 0 Å². The second kappa shape index (κ2) is 11.4. The van der Waals surface area contributed by atoms with E-state index in [9.17, 15) is 9.59 Å². The van der Waals surface area contributed by atoms with Gasteiger partial charge in [0.2, 0.25) is 0 Å². The highest BCUT2D eigenvalue weighted by atomic mass is 16.6. The fraction of sp³-hybridized carbons (Fsp3) is 0.579. The van der Waals surface area contributed by atoms with Crippen LogP contribution in [0.3, 0.4) is 0 Å². The minimum atomic E-state index is -0.846. The van der Waals surface area contributed by atoms with Crippen molar-refractivity contribution in [2.45, 2.75) is 38.8 Å². The molecule has 0 aliphatic carbocycles. The zero-order valence-corrected chi connectivity index (χ0v) is 16.4. The summed E-state index contributed by atoms with van der Waals surface area (Å²) in [6.45, 7) is 7.11. The number of rotatable bonds is 10. The molecule has 0 fully saturated rings. The third kappa shape index (κ3) is 9.81. The van der Waals surface area contributed by atoms with Crippen LogP contribution in [0.15, 0.2) is 24.3 Å². The maximum Gasteiger partial charge on any atom is 0.408 e. The van der Waals surface area contributed by atoms with Crippen molar-refractivity contribution < 1.29 is 28.5 Å². The van der Waals surface area contributed by atoms with Crippen LogP contribution < -0.4 is 15.8 Å². The summed E-state index contributed by atoms with van der Waals surface area (Å²) in [6.07, 6.45) is -0.401. The summed E-state index contributed by atoms with van der Waals surface area (Å²) in [4.78, 5) is 23.9. The zero-order valence-electron chi connectivity index (χ0n) is 16.4. The third-order valence-electron chi connectivity index (χ3n) is 3.30. The molecule has 0 spiro atoms. The Morgan fingerprint density at radius 1 is 1.11 bits per heavy atom. The smallest absolute Gasteiger partial charge is 0.408 e. The molecular formula is C19H30N2O6. The van der Waals surface area contributed by atoms with Crippen LogP contribution in [-0.2, 0) is 25.4 Å². The van der Waals surface area contributed by atoms with Gasteiger partial charge in [0.05, 0.1) is 20.3 Å². The summed E-state index contributed by atoms with van der Waals surface area (Å²) >= 11 is 0. The maximum atomic E-state index is 12.0. The minimum absolute atomic E-state index is 0.270. The molecule has 0 aliphatic heterocycles. The van der Waals surface area contributed by atoms with Crippen molar-refractivity contribution in [1.29, 1.82) is 0 Å². The number of alkyl carbamates (subject to hydrolysis) is 1. The summed E-state index contributed by atoms with van der Waals surface area (Å²) in [7, 11) is 1.27. The molecule has 0 unspecified atom stereocenters. The number of carbonyl (C=O) groups is 2. The van der Waals surface area contributed by atoms with E-state index in [1.54, 1.807) is 32.9 Å². The molecule has 152 valence electrons. The quantitative estimate of drug-likeness (QED) is 0.468. The molecule has 0 heterocycles. The Labute approximate surface area is 160 Å². The molecule has 27 heavy (non-hydrogen) atoms. The summed E-state index contributed by atoms with van der Waals surface area (Å²) < 4.78 is 20.8. The van der Waals surface area contributed by atoms with Crippen molar-refractivity contribution in [1.82, 2.24) is 5.32 Å². The van der Waals surface area contributed by atoms with E-state index < -0.39 is 23.7 Å². The standard InChI is InChI=1S/C19H30N2O6/c1-19(2,3)27-18(23)21-16(17(22)24-4)13-14-5-7-15(8-6-14)26-12-11-25-10-9-20/h5-8,16H,9-13,20H2,1-4H3,(H,21,23)/t16-/m0/s1. The first-order valence-electron chi connectivity index (χ1n) is 8.82. The third-order valence-corrected chi connectivity index (χ3v) is 3.30. The Morgan fingerprint density at radius 3 is 2.33 bits per heavy atom. The molecule has 1 aromatic rings. The number of benzene rings is 1. The molecule has 3 N–H and O–H groups in total. The van der Waals surface area contributed by atoms with E-state index in [0.717, 1.165) is 5.56 Å². The van der Waals surface area contributed by atoms with Crippen LogP contribution >= 0.6 is 0 Å². The van der Waals surface area contributed by atoms with E-state index in [2.05, 4.69) is 5.32 Å². The first-order chi connectivity index (χ1) is 12.7. The highest BCUT2D eigenvalue weighted by Crippen LogP contribution is 2.14. The molecule has 1 aromatic carbocycles. The van der Waals surface area contributed by atoms with Gasteiger partial charge in [0.15, 0.2) is 0 Å². The lowest BCUT2D eigenvalue weighted by atomic mass is 10.1. The largest absolute Gasteiger partial charge is 0.491 e. The van der Waals surface area contributed by atoms with E-state index in [1.807, 2.05) is 12.1 Å². The SMILES string of the molecule is COC(=O)[C@H](Cc1ccc(OCCOCCN)cc1)NC(=O)OC(C)(C)C. The number of nitrogens with two attached hydrogens (primary N) is 1. The zero-order chi connectivity index (χ0) is 20.3. The highest BCUT2D eigenvalue weighted by Gasteiger charge is 2.25. The van der Waals surface area contributed by atoms with Gasteiger partial charge in [-0.15, -0.1) is 0 Å². The molecule has 0 aromatic heterocycles. The van der Waals surface area contributed by atoms with Gasteiger partial charge in [-0.1, -0.05) is 12.1 Å². The number of amides is 1. The molecule has 1 rings (SSSR count). The minimum Gasteiger partial charge on any atom is -0.491 e. The van der Waals surface area contributed by atoms with Gasteiger partial charge in [0, 0.05) is 13.0 Å². The summed E-state index contributed by atoms with van der Waals surface area (Å²) in [5.74, 6) is 0.142. The average Bonchev–Trinajstić information content (AvgIpc) is 2.60. The Bertz CT molecular complexity index is 583. The Morgan fingerprint density at radius 2 is 1.78 bits per heavy atom. The molecule has 0 aliphatic rings. The average molecular weight is 382 g/mol. The first-order valence-corrected chi connectivity index (χ1v) is 8.82. The monoisotopic (exact) mass is 382 g/mol. The fourth-order valence-corrected chi connectivity index (χ4v) is 2.15. The van der Waals surface area contributed by atoms with Crippen molar-refractivity contribution in [2.24, 2.45) is 5.73 Å². The van der Waals surface area contributed by atoms with Crippen molar-refractivity contribution in [3.8, 4) is 5.75 Å². The molecule has 0 bridgehead atoms. The van der Waals surface area contributed by atoms with Crippen LogP contribution in [0.4, 0.5) is 4.79 Å². The Hall–Kier alpha value is -2.32. The molecule has 1 amide bonds. The van der Waals surface area contributed by atoms with E-state index in [4.69, 9.17) is 24.7 Å². The molecule has 0 saturated carbocycles. The van der Waals surface area contributed by atoms with E-state index in [0.29, 0.717) is 32.1 Å². The second-order valence-corrected chi connectivity index (χ2v) is 6.82. The van der Waals surface area contributed by atoms with Gasteiger partial charge in [0.1, 0.15) is 24.0 Å². The second-order valence-electron chi connectivity index (χ2n) is 6.82. The first kappa shape index (κ1) is 22.7. The van der Waals surface area contributed by atoms with Crippen LogP contribution in [0.1, 0.15) is 26.3 Å². The summed E-state index contributed by atoms with van der Waals surface area (Å²) in [6, 6.07) is 6.38. The molecular weight excluding hydrogens is 352 g/mol. The Kier molecular flexibility index (Phi) is 9.60. The lowest BCUT2D eigenvalue weighted by Gasteiger charge is -2.22. The molecule has 1 atom stereocenters. The number of esters is 1. The fourth-order valence-electron chi connectivity index (χ4n) is 2.15. The molecule has 0 saturated heterocycles. The topological polar surface area (TPSA) is 109 Å². The molecule has 0 radical (unpaired) electrons. The van der Waals surface area contributed by atoms with Gasteiger partial charge in [-0.3, -0.25) is 0 Å². The van der Waals surface area contributed by atoms with Crippen LogP contribution in [-0.4, -0.2) is 57.2 Å². The lowest BCUT2D eigenvalue weighted by Crippen LogP contribution is -2.45. The van der Waals surface area contributed by atoms with Gasteiger partial charge >= 0.3 is 12.1 Å². The van der Waals surface area contributed by atoms with Crippen molar-refractivity contribution in [3.63, 3.8) is 0 Å². The van der Waals surface area contributed by atoms with Crippen molar-refractivity contribution >= 4 is 12.1 Å². The van der Waals surface area contributed by atoms with Gasteiger partial charge in [-0.2, -0.15) is 0 Å². The normalized spacial score (nSPS) is 12.2. The van der Waals surface area contributed by atoms with Crippen molar-refractivity contribution in [2.75, 3.05) is 33.5 Å². The predicted octanol–water partition coefficient (Wildman–Crippen LogP) is 1.65. The van der Waals surface area contributed by atoms with Crippen LogP contribution in [0.25, 0.3) is 0 Å². The van der Waals surface area contributed by atoms with Gasteiger partial charge in [-0.25, -0.2) is 9.59 Å². The highest BCUT2D eigenvalue weighted by molar-refractivity contribution is 5.81. The van der Waals surface area contributed by atoms with E-state index in [1.165, 1.54) is 7.11 Å². The van der Waals surface area contributed by atoms with Gasteiger partial charge < -0.3 is 30.0 Å². The lowest BCUT2D eigenvalue weighted by molar-refractivity contribution is -0.143. The number of ether oxygens (including phenoxy) is 4. The van der Waals surface area contributed by atoms with E-state index >= 15 is 0 Å². The summed E-state index contributed by atoms with van der Waals surface area (Å²) in [5.41, 5.74) is 5.52. The van der Waals surface area contributed by atoms with Crippen LogP contribution in [0.2, 0.25) is 0 Å². The number of hydrogen-bond donors (Lipinski definition) is 2. The molecule has 8 nitrogen and oxygen atoms in total. The predicted molar refractivity (Wildman–Crippen MR) is 101 cm³/mol. The number of carbonyl (C=O) groups excluding carboxylic acids is 2.